The Balaban J connectivity index is 1.98. The molecule has 0 aliphatic heterocycles. The predicted molar refractivity (Wildman–Crippen MR) is 82.1 cm³/mol. The molecule has 1 aliphatic carbocycles. The van der Waals surface area contributed by atoms with E-state index >= 15 is 0 Å². The van der Waals surface area contributed by atoms with Crippen molar-refractivity contribution >= 4 is 11.8 Å². The van der Waals surface area contributed by atoms with Crippen molar-refractivity contribution in [1.82, 2.24) is 4.90 Å². The zero-order valence-corrected chi connectivity index (χ0v) is 12.1. The van der Waals surface area contributed by atoms with E-state index in [1.807, 2.05) is 36.4 Å². The predicted octanol–water partition coefficient (Wildman–Crippen LogP) is 1.86. The smallest absolute Gasteiger partial charge is 0.237 e. The molecule has 2 rings (SSSR count). The molecule has 1 aromatic rings. The molecule has 4 nitrogen and oxygen atoms in total. The van der Waals surface area contributed by atoms with Crippen molar-refractivity contribution in [3.8, 4) is 0 Å². The van der Waals surface area contributed by atoms with E-state index in [4.69, 9.17) is 5.73 Å². The Morgan fingerprint density at radius 3 is 2.67 bits per heavy atom. The second-order valence-corrected chi connectivity index (χ2v) is 5.25. The van der Waals surface area contributed by atoms with Crippen LogP contribution in [-0.4, -0.2) is 29.3 Å². The number of primary amides is 1. The molecule has 0 saturated carbocycles. The van der Waals surface area contributed by atoms with Gasteiger partial charge in [-0.05, 0) is 31.2 Å². The fourth-order valence-electron chi connectivity index (χ4n) is 2.52. The lowest BCUT2D eigenvalue weighted by Gasteiger charge is -2.30. The number of nitrogens with two attached hydrogens (primary N) is 1. The summed E-state index contributed by atoms with van der Waals surface area (Å²) >= 11 is 0. The van der Waals surface area contributed by atoms with E-state index in [1.54, 1.807) is 11.3 Å². The number of rotatable bonds is 6. The van der Waals surface area contributed by atoms with E-state index < -0.39 is 5.91 Å². The topological polar surface area (TPSA) is 63.4 Å². The molecule has 0 saturated heterocycles. The molecule has 0 bridgehead atoms. The number of allylic oxidation sites excluding steroid dienone is 1. The first-order chi connectivity index (χ1) is 10.2. The van der Waals surface area contributed by atoms with Gasteiger partial charge in [0, 0.05) is 0 Å². The molecule has 0 fully saturated rings. The molecule has 0 aromatic heterocycles. The lowest BCUT2D eigenvalue weighted by molar-refractivity contribution is -0.134. The van der Waals surface area contributed by atoms with Crippen LogP contribution >= 0.6 is 0 Å². The number of amides is 2. The number of benzene rings is 1. The first kappa shape index (κ1) is 15.3. The molecule has 1 atom stereocenters. The van der Waals surface area contributed by atoms with Crippen LogP contribution in [0.15, 0.2) is 42.5 Å². The molecule has 2 N–H and O–H groups in total. The Morgan fingerprint density at radius 2 is 2.05 bits per heavy atom. The van der Waals surface area contributed by atoms with E-state index in [0.29, 0.717) is 6.42 Å². The first-order valence-electron chi connectivity index (χ1n) is 7.29. The molecule has 111 valence electrons. The van der Waals surface area contributed by atoms with Crippen LogP contribution in [0.4, 0.5) is 0 Å². The minimum Gasteiger partial charge on any atom is -0.368 e. The maximum absolute atomic E-state index is 12.4. The molecular formula is C17H21N2O2. The molecule has 21 heavy (non-hydrogen) atoms. The van der Waals surface area contributed by atoms with Crippen LogP contribution in [0.1, 0.15) is 24.8 Å². The first-order valence-corrected chi connectivity index (χ1v) is 7.29. The summed E-state index contributed by atoms with van der Waals surface area (Å²) in [5, 5.41) is 0. The molecule has 4 heteroatoms. The number of carbonyl (C=O) groups excluding carboxylic acids is 2. The largest absolute Gasteiger partial charge is 0.368 e. The van der Waals surface area contributed by atoms with Crippen LogP contribution in [-0.2, 0) is 16.0 Å². The van der Waals surface area contributed by atoms with Crippen LogP contribution in [0.3, 0.4) is 0 Å². The summed E-state index contributed by atoms with van der Waals surface area (Å²) in [6.45, 7) is -0.0286. The molecule has 0 spiro atoms. The quantitative estimate of drug-likeness (QED) is 0.811. The van der Waals surface area contributed by atoms with E-state index in [-0.39, 0.29) is 18.5 Å². The maximum atomic E-state index is 12.4. The van der Waals surface area contributed by atoms with E-state index in [2.05, 4.69) is 6.08 Å². The highest BCUT2D eigenvalue weighted by Gasteiger charge is 2.24. The molecule has 1 radical (unpaired) electrons. The van der Waals surface area contributed by atoms with Crippen molar-refractivity contribution in [2.24, 2.45) is 5.73 Å². The standard InChI is InChI=1S/C17H21N2O2/c18-16(20)13-19(15-9-5-2-6-10-15)17(21)12-11-14-7-3-1-4-8-14/h1,3-5,7-9,12,15H,2,6,10-11,13H2,(H2,18,20). The molecule has 1 unspecified atom stereocenters. The van der Waals surface area contributed by atoms with Crippen molar-refractivity contribution in [2.45, 2.75) is 31.7 Å². The van der Waals surface area contributed by atoms with E-state index in [1.165, 1.54) is 0 Å². The summed E-state index contributed by atoms with van der Waals surface area (Å²) in [7, 11) is 0. The van der Waals surface area contributed by atoms with Gasteiger partial charge >= 0.3 is 0 Å². The van der Waals surface area contributed by atoms with Crippen LogP contribution in [0.5, 0.6) is 0 Å². The lowest BCUT2D eigenvalue weighted by atomic mass is 10.0. The number of nitrogens with zero attached hydrogens (tertiary/aromatic N) is 1. The van der Waals surface area contributed by atoms with Gasteiger partial charge in [-0.2, -0.15) is 0 Å². The zero-order valence-electron chi connectivity index (χ0n) is 12.1. The average Bonchev–Trinajstić information content (AvgIpc) is 2.52. The van der Waals surface area contributed by atoms with Gasteiger partial charge in [0.05, 0.1) is 19.0 Å². The molecule has 1 aliphatic rings. The van der Waals surface area contributed by atoms with Crippen LogP contribution < -0.4 is 5.73 Å². The summed E-state index contributed by atoms with van der Waals surface area (Å²) in [5.41, 5.74) is 6.35. The Hall–Kier alpha value is -2.10. The van der Waals surface area contributed by atoms with Gasteiger partial charge in [-0.3, -0.25) is 9.59 Å². The van der Waals surface area contributed by atoms with Gasteiger partial charge in [0.1, 0.15) is 0 Å². The van der Waals surface area contributed by atoms with Crippen molar-refractivity contribution in [2.75, 3.05) is 6.54 Å². The number of carbonyl (C=O) groups is 2. The molecule has 0 heterocycles. The third-order valence-corrected chi connectivity index (χ3v) is 3.59. The van der Waals surface area contributed by atoms with Gasteiger partial charge in [-0.15, -0.1) is 0 Å². The number of hydrogen-bond acceptors (Lipinski definition) is 2. The summed E-state index contributed by atoms with van der Waals surface area (Å²) in [6.07, 6.45) is 9.19. The lowest BCUT2D eigenvalue weighted by Crippen LogP contribution is -2.45. The second-order valence-electron chi connectivity index (χ2n) is 5.25. The highest BCUT2D eigenvalue weighted by atomic mass is 16.2. The summed E-state index contributed by atoms with van der Waals surface area (Å²) in [4.78, 5) is 25.2. The van der Waals surface area contributed by atoms with Gasteiger partial charge in [0.25, 0.3) is 0 Å². The fourth-order valence-corrected chi connectivity index (χ4v) is 2.52. The summed E-state index contributed by atoms with van der Waals surface area (Å²) < 4.78 is 0. The Bertz CT molecular complexity index is 511. The van der Waals surface area contributed by atoms with Gasteiger partial charge in [0.15, 0.2) is 0 Å². The minimum atomic E-state index is -0.476. The monoisotopic (exact) mass is 285 g/mol. The van der Waals surface area contributed by atoms with Gasteiger partial charge in [0.2, 0.25) is 11.8 Å². The van der Waals surface area contributed by atoms with E-state index in [9.17, 15) is 9.59 Å². The molecule has 2 amide bonds. The Labute approximate surface area is 125 Å². The number of hydrogen-bond donors (Lipinski definition) is 1. The summed E-state index contributed by atoms with van der Waals surface area (Å²) in [6, 6.07) is 9.76. The summed E-state index contributed by atoms with van der Waals surface area (Å²) in [5.74, 6) is -0.607. The zero-order chi connectivity index (χ0) is 15.1. The van der Waals surface area contributed by atoms with Crippen molar-refractivity contribution in [1.29, 1.82) is 0 Å². The van der Waals surface area contributed by atoms with Crippen LogP contribution in [0, 0.1) is 6.42 Å². The van der Waals surface area contributed by atoms with Gasteiger partial charge in [-0.1, -0.05) is 42.5 Å². The normalized spacial score (nSPS) is 17.4. The average molecular weight is 285 g/mol. The fraction of sp³-hybridized carbons (Fsp3) is 0.353. The highest BCUT2D eigenvalue weighted by molar-refractivity contribution is 5.89. The van der Waals surface area contributed by atoms with Crippen LogP contribution in [0.2, 0.25) is 0 Å². The van der Waals surface area contributed by atoms with Gasteiger partial charge in [-0.25, -0.2) is 0 Å². The maximum Gasteiger partial charge on any atom is 0.237 e. The highest BCUT2D eigenvalue weighted by Crippen LogP contribution is 2.17. The van der Waals surface area contributed by atoms with Crippen molar-refractivity contribution < 1.29 is 9.59 Å². The third-order valence-electron chi connectivity index (χ3n) is 3.59. The Kier molecular flexibility index (Phi) is 5.55. The molecule has 1 aromatic carbocycles. The minimum absolute atomic E-state index is 0.0224. The van der Waals surface area contributed by atoms with E-state index in [0.717, 1.165) is 24.8 Å². The second kappa shape index (κ2) is 7.62. The van der Waals surface area contributed by atoms with Crippen LogP contribution in [0.25, 0.3) is 0 Å². The SMILES string of the molecule is NC(=O)CN(C(=O)[CH]Cc1ccccc1)C1C=CCCC1. The van der Waals surface area contributed by atoms with Gasteiger partial charge < -0.3 is 10.6 Å². The van der Waals surface area contributed by atoms with Crippen molar-refractivity contribution in [3.63, 3.8) is 0 Å². The molecular weight excluding hydrogens is 264 g/mol. The third kappa shape index (κ3) is 4.74. The van der Waals surface area contributed by atoms with Crippen molar-refractivity contribution in [3.05, 3.63) is 54.5 Å². The Morgan fingerprint density at radius 1 is 1.29 bits per heavy atom.